The first-order valence-electron chi connectivity index (χ1n) is 4.70. The summed E-state index contributed by atoms with van der Waals surface area (Å²) in [6.07, 6.45) is 1.50. The summed E-state index contributed by atoms with van der Waals surface area (Å²) in [5, 5.41) is 5.77. The standard InChI is InChI=1S/C11H7ClFN3O/c12-11-6-7(3-4-14-11)15-10-2-1-8(16-17)5-9(10)13/h1-6H,(H,14,15). The molecule has 0 fully saturated rings. The lowest BCUT2D eigenvalue weighted by Crippen LogP contribution is -1.93. The summed E-state index contributed by atoms with van der Waals surface area (Å²) >= 11 is 5.70. The number of rotatable bonds is 3. The quantitative estimate of drug-likeness (QED) is 0.662. The molecule has 1 N–H and O–H groups in total. The van der Waals surface area contributed by atoms with Crippen LogP contribution in [0.15, 0.2) is 41.7 Å². The summed E-state index contributed by atoms with van der Waals surface area (Å²) in [4.78, 5) is 14.0. The van der Waals surface area contributed by atoms with Crippen LogP contribution in [0, 0.1) is 10.7 Å². The average molecular weight is 252 g/mol. The van der Waals surface area contributed by atoms with Crippen LogP contribution in [0.1, 0.15) is 0 Å². The van der Waals surface area contributed by atoms with Crippen LogP contribution in [0.3, 0.4) is 0 Å². The number of nitrogens with one attached hydrogen (secondary N) is 1. The van der Waals surface area contributed by atoms with Gasteiger partial charge in [0.2, 0.25) is 0 Å². The Bertz CT molecular complexity index is 562. The highest BCUT2D eigenvalue weighted by atomic mass is 35.5. The van der Waals surface area contributed by atoms with E-state index in [2.05, 4.69) is 15.5 Å². The summed E-state index contributed by atoms with van der Waals surface area (Å²) in [5.74, 6) is -0.560. The van der Waals surface area contributed by atoms with Crippen LogP contribution in [0.5, 0.6) is 0 Å². The van der Waals surface area contributed by atoms with Crippen LogP contribution >= 0.6 is 11.6 Å². The molecule has 0 aliphatic rings. The van der Waals surface area contributed by atoms with Gasteiger partial charge in [0.15, 0.2) is 0 Å². The molecule has 0 atom stereocenters. The van der Waals surface area contributed by atoms with Crippen LogP contribution in [0.4, 0.5) is 21.5 Å². The molecule has 0 radical (unpaired) electrons. The van der Waals surface area contributed by atoms with Crippen LogP contribution in [-0.2, 0) is 0 Å². The Balaban J connectivity index is 2.27. The fraction of sp³-hybridized carbons (Fsp3) is 0. The summed E-state index contributed by atoms with van der Waals surface area (Å²) < 4.78 is 13.5. The van der Waals surface area contributed by atoms with Crippen molar-refractivity contribution < 1.29 is 4.39 Å². The first kappa shape index (κ1) is 11.5. The smallest absolute Gasteiger partial charge is 0.148 e. The molecule has 0 saturated carbocycles. The summed E-state index contributed by atoms with van der Waals surface area (Å²) in [7, 11) is 0. The van der Waals surface area contributed by atoms with Gasteiger partial charge in [-0.05, 0) is 29.4 Å². The molecule has 0 spiro atoms. The van der Waals surface area contributed by atoms with E-state index < -0.39 is 5.82 Å². The molecule has 0 aliphatic carbocycles. The van der Waals surface area contributed by atoms with Gasteiger partial charge >= 0.3 is 0 Å². The van der Waals surface area contributed by atoms with Gasteiger partial charge in [0.05, 0.1) is 5.69 Å². The van der Waals surface area contributed by atoms with Gasteiger partial charge < -0.3 is 5.32 Å². The zero-order chi connectivity index (χ0) is 12.3. The SMILES string of the molecule is O=Nc1ccc(Nc2ccnc(Cl)c2)c(F)c1. The number of hydrogen-bond acceptors (Lipinski definition) is 4. The van der Waals surface area contributed by atoms with Gasteiger partial charge in [0.25, 0.3) is 0 Å². The molecule has 1 aromatic heterocycles. The maximum absolute atomic E-state index is 13.5. The first-order valence-corrected chi connectivity index (χ1v) is 5.08. The van der Waals surface area contributed by atoms with Crippen LogP contribution in [-0.4, -0.2) is 4.98 Å². The summed E-state index contributed by atoms with van der Waals surface area (Å²) in [6.45, 7) is 0. The second kappa shape index (κ2) is 4.88. The van der Waals surface area contributed by atoms with Crippen LogP contribution in [0.25, 0.3) is 0 Å². The Kier molecular flexibility index (Phi) is 3.30. The van der Waals surface area contributed by atoms with Gasteiger partial charge in [-0.25, -0.2) is 9.37 Å². The number of hydrogen-bond donors (Lipinski definition) is 1. The fourth-order valence-electron chi connectivity index (χ4n) is 1.30. The molecule has 4 nitrogen and oxygen atoms in total. The molecule has 0 saturated heterocycles. The number of nitrogens with zero attached hydrogens (tertiary/aromatic N) is 2. The lowest BCUT2D eigenvalue weighted by molar-refractivity contribution is 0.632. The van der Waals surface area contributed by atoms with Gasteiger partial charge in [-0.1, -0.05) is 11.6 Å². The van der Waals surface area contributed by atoms with Crippen molar-refractivity contribution >= 4 is 28.7 Å². The molecule has 1 aromatic carbocycles. The van der Waals surface area contributed by atoms with Gasteiger partial charge in [-0.3, -0.25) is 0 Å². The number of halogens is 2. The Labute approximate surface area is 101 Å². The minimum atomic E-state index is -0.560. The van der Waals surface area contributed by atoms with E-state index in [9.17, 15) is 9.30 Å². The molecule has 2 rings (SSSR count). The third-order valence-electron chi connectivity index (χ3n) is 2.06. The van der Waals surface area contributed by atoms with E-state index in [1.807, 2.05) is 0 Å². The van der Waals surface area contributed by atoms with Crippen molar-refractivity contribution in [3.8, 4) is 0 Å². The van der Waals surface area contributed by atoms with Crippen molar-refractivity contribution in [1.29, 1.82) is 0 Å². The van der Waals surface area contributed by atoms with E-state index in [0.717, 1.165) is 6.07 Å². The molecule has 17 heavy (non-hydrogen) atoms. The molecule has 0 unspecified atom stereocenters. The Morgan fingerprint density at radius 2 is 2.12 bits per heavy atom. The normalized spacial score (nSPS) is 10.0. The Hall–Kier alpha value is -2.01. The lowest BCUT2D eigenvalue weighted by atomic mass is 10.2. The van der Waals surface area contributed by atoms with E-state index in [0.29, 0.717) is 10.8 Å². The van der Waals surface area contributed by atoms with E-state index in [1.165, 1.54) is 18.3 Å². The average Bonchev–Trinajstić information content (AvgIpc) is 2.32. The zero-order valence-corrected chi connectivity index (χ0v) is 9.28. The van der Waals surface area contributed by atoms with E-state index in [-0.39, 0.29) is 11.4 Å². The Morgan fingerprint density at radius 3 is 2.76 bits per heavy atom. The van der Waals surface area contributed by atoms with Crippen molar-refractivity contribution in [3.05, 3.63) is 52.4 Å². The number of anilines is 2. The molecular weight excluding hydrogens is 245 g/mol. The highest BCUT2D eigenvalue weighted by Gasteiger charge is 2.04. The van der Waals surface area contributed by atoms with E-state index in [1.54, 1.807) is 12.1 Å². The molecule has 2 aromatic rings. The minimum Gasteiger partial charge on any atom is -0.353 e. The third kappa shape index (κ3) is 2.76. The number of benzene rings is 1. The third-order valence-corrected chi connectivity index (χ3v) is 2.27. The number of nitroso groups, excluding NO2 is 1. The molecule has 0 amide bonds. The second-order valence-corrected chi connectivity index (χ2v) is 3.63. The summed E-state index contributed by atoms with van der Waals surface area (Å²) in [6, 6.07) is 7.11. The predicted octanol–water partition coefficient (Wildman–Crippen LogP) is 4.02. The minimum absolute atomic E-state index is 0.0424. The highest BCUT2D eigenvalue weighted by molar-refractivity contribution is 6.29. The Morgan fingerprint density at radius 1 is 1.29 bits per heavy atom. The maximum Gasteiger partial charge on any atom is 0.148 e. The second-order valence-electron chi connectivity index (χ2n) is 3.25. The molecular formula is C11H7ClFN3O. The van der Waals surface area contributed by atoms with Crippen molar-refractivity contribution in [3.63, 3.8) is 0 Å². The highest BCUT2D eigenvalue weighted by Crippen LogP contribution is 2.24. The van der Waals surface area contributed by atoms with Gasteiger partial charge in [0, 0.05) is 18.0 Å². The topological polar surface area (TPSA) is 54.4 Å². The first-order chi connectivity index (χ1) is 8.19. The number of pyridine rings is 1. The van der Waals surface area contributed by atoms with Crippen LogP contribution in [0.2, 0.25) is 5.15 Å². The molecule has 0 bridgehead atoms. The molecule has 6 heteroatoms. The fourth-order valence-corrected chi connectivity index (χ4v) is 1.47. The zero-order valence-electron chi connectivity index (χ0n) is 8.52. The predicted molar refractivity (Wildman–Crippen MR) is 64.4 cm³/mol. The largest absolute Gasteiger partial charge is 0.353 e. The van der Waals surface area contributed by atoms with E-state index in [4.69, 9.17) is 11.6 Å². The summed E-state index contributed by atoms with van der Waals surface area (Å²) in [5.41, 5.74) is 0.885. The molecule has 86 valence electrons. The van der Waals surface area contributed by atoms with Gasteiger partial charge in [-0.15, -0.1) is 4.91 Å². The molecule has 1 heterocycles. The number of aromatic nitrogens is 1. The molecule has 0 aliphatic heterocycles. The van der Waals surface area contributed by atoms with E-state index >= 15 is 0 Å². The van der Waals surface area contributed by atoms with Crippen molar-refractivity contribution in [2.45, 2.75) is 0 Å². The maximum atomic E-state index is 13.5. The van der Waals surface area contributed by atoms with Crippen molar-refractivity contribution in [1.82, 2.24) is 4.98 Å². The van der Waals surface area contributed by atoms with Gasteiger partial charge in [0.1, 0.15) is 16.7 Å². The van der Waals surface area contributed by atoms with Gasteiger partial charge in [-0.2, -0.15) is 0 Å². The van der Waals surface area contributed by atoms with Crippen molar-refractivity contribution in [2.24, 2.45) is 5.18 Å². The van der Waals surface area contributed by atoms with Crippen molar-refractivity contribution in [2.75, 3.05) is 5.32 Å². The monoisotopic (exact) mass is 251 g/mol. The lowest BCUT2D eigenvalue weighted by Gasteiger charge is -2.07. The van der Waals surface area contributed by atoms with Crippen LogP contribution < -0.4 is 5.32 Å².